The van der Waals surface area contributed by atoms with Crippen LogP contribution in [0.3, 0.4) is 0 Å². The maximum absolute atomic E-state index is 12.5. The van der Waals surface area contributed by atoms with Gasteiger partial charge in [-0.3, -0.25) is 10.1 Å². The summed E-state index contributed by atoms with van der Waals surface area (Å²) >= 11 is 5.31. The minimum Gasteiger partial charge on any atom is -0.454 e. The standard InChI is InChI=1S/C24H19N3O4S/c1-13-8-18-20(9-14(13)2)31-23(26-18)16-4-3-5-17(10-16)25-24(32)27-22(28)15-6-7-19-21(11-15)30-12-29-19/h3-11H,12H2,1-2H3,(H2,25,27,28,32). The molecule has 1 aromatic heterocycles. The van der Waals surface area contributed by atoms with Gasteiger partial charge in [0, 0.05) is 16.8 Å². The molecule has 7 nitrogen and oxygen atoms in total. The number of carbonyl (C=O) groups excluding carboxylic acids is 1. The fourth-order valence-electron chi connectivity index (χ4n) is 3.41. The van der Waals surface area contributed by atoms with Crippen molar-refractivity contribution in [2.24, 2.45) is 0 Å². The summed E-state index contributed by atoms with van der Waals surface area (Å²) in [5.74, 6) is 1.32. The molecular formula is C24H19N3O4S. The summed E-state index contributed by atoms with van der Waals surface area (Å²) in [6.07, 6.45) is 0. The van der Waals surface area contributed by atoms with E-state index < -0.39 is 0 Å². The fourth-order valence-corrected chi connectivity index (χ4v) is 3.62. The topological polar surface area (TPSA) is 85.6 Å². The molecule has 160 valence electrons. The van der Waals surface area contributed by atoms with E-state index in [1.165, 1.54) is 0 Å². The molecule has 0 saturated carbocycles. The molecule has 0 bridgehead atoms. The summed E-state index contributed by atoms with van der Waals surface area (Å²) in [6.45, 7) is 4.24. The van der Waals surface area contributed by atoms with Crippen molar-refractivity contribution in [2.45, 2.75) is 13.8 Å². The van der Waals surface area contributed by atoms with Crippen molar-refractivity contribution in [1.82, 2.24) is 10.3 Å². The largest absolute Gasteiger partial charge is 0.454 e. The molecule has 0 saturated heterocycles. The van der Waals surface area contributed by atoms with Crippen molar-refractivity contribution < 1.29 is 18.7 Å². The van der Waals surface area contributed by atoms with Crippen LogP contribution in [0.25, 0.3) is 22.6 Å². The van der Waals surface area contributed by atoms with Crippen LogP contribution in [-0.2, 0) is 0 Å². The van der Waals surface area contributed by atoms with Gasteiger partial charge in [0.25, 0.3) is 5.91 Å². The number of amides is 1. The van der Waals surface area contributed by atoms with Crippen LogP contribution in [0.5, 0.6) is 11.5 Å². The van der Waals surface area contributed by atoms with Crippen LogP contribution in [-0.4, -0.2) is 22.8 Å². The van der Waals surface area contributed by atoms with E-state index in [0.717, 1.165) is 27.8 Å². The molecule has 1 aliphatic heterocycles. The first kappa shape index (κ1) is 20.0. The van der Waals surface area contributed by atoms with Gasteiger partial charge in [-0.05, 0) is 85.7 Å². The Balaban J connectivity index is 1.30. The highest BCUT2D eigenvalue weighted by molar-refractivity contribution is 7.80. The zero-order valence-corrected chi connectivity index (χ0v) is 18.2. The van der Waals surface area contributed by atoms with E-state index in [2.05, 4.69) is 15.6 Å². The third-order valence-electron chi connectivity index (χ3n) is 5.23. The van der Waals surface area contributed by atoms with Gasteiger partial charge in [0.2, 0.25) is 12.7 Å². The molecule has 5 rings (SSSR count). The summed E-state index contributed by atoms with van der Waals surface area (Å²) in [5.41, 5.74) is 5.79. The van der Waals surface area contributed by atoms with Crippen LogP contribution >= 0.6 is 12.2 Å². The van der Waals surface area contributed by atoms with Gasteiger partial charge in [-0.15, -0.1) is 0 Å². The molecule has 1 amide bonds. The van der Waals surface area contributed by atoms with Crippen molar-refractivity contribution in [2.75, 3.05) is 12.1 Å². The molecule has 4 aromatic rings. The number of fused-ring (bicyclic) bond motifs is 2. The maximum atomic E-state index is 12.5. The summed E-state index contributed by atoms with van der Waals surface area (Å²) in [7, 11) is 0. The smallest absolute Gasteiger partial charge is 0.257 e. The first-order valence-electron chi connectivity index (χ1n) is 9.96. The minimum atomic E-state index is -0.346. The van der Waals surface area contributed by atoms with E-state index in [4.69, 9.17) is 26.1 Å². The Hall–Kier alpha value is -3.91. The predicted octanol–water partition coefficient (Wildman–Crippen LogP) is 4.97. The molecule has 2 N–H and O–H groups in total. The molecule has 0 spiro atoms. The number of benzene rings is 3. The van der Waals surface area contributed by atoms with E-state index in [-0.39, 0.29) is 17.8 Å². The molecule has 0 fully saturated rings. The van der Waals surface area contributed by atoms with Crippen LogP contribution in [0.1, 0.15) is 21.5 Å². The predicted molar refractivity (Wildman–Crippen MR) is 125 cm³/mol. The second kappa shape index (κ2) is 7.97. The average molecular weight is 446 g/mol. The number of aryl methyl sites for hydroxylation is 2. The zero-order valence-electron chi connectivity index (χ0n) is 17.4. The SMILES string of the molecule is Cc1cc2nc(-c3cccc(NC(=S)NC(=O)c4ccc5c(c4)OCO5)c3)oc2cc1C. The van der Waals surface area contributed by atoms with E-state index in [9.17, 15) is 4.79 Å². The number of aromatic nitrogens is 1. The van der Waals surface area contributed by atoms with Crippen LogP contribution < -0.4 is 20.1 Å². The molecular weight excluding hydrogens is 426 g/mol. The third kappa shape index (κ3) is 3.88. The number of rotatable bonds is 3. The summed E-state index contributed by atoms with van der Waals surface area (Å²) in [5, 5.41) is 5.88. The molecule has 32 heavy (non-hydrogen) atoms. The number of hydrogen-bond acceptors (Lipinski definition) is 6. The highest BCUT2D eigenvalue weighted by atomic mass is 32.1. The van der Waals surface area contributed by atoms with Gasteiger partial charge < -0.3 is 19.2 Å². The molecule has 0 atom stereocenters. The van der Waals surface area contributed by atoms with Crippen molar-refractivity contribution in [3.63, 3.8) is 0 Å². The van der Waals surface area contributed by atoms with Crippen LogP contribution in [0.2, 0.25) is 0 Å². The number of hydrogen-bond donors (Lipinski definition) is 2. The van der Waals surface area contributed by atoms with Crippen LogP contribution in [0.15, 0.2) is 59.0 Å². The van der Waals surface area contributed by atoms with Gasteiger partial charge in [-0.1, -0.05) is 6.07 Å². The van der Waals surface area contributed by atoms with Gasteiger partial charge in [-0.2, -0.15) is 0 Å². The zero-order chi connectivity index (χ0) is 22.2. The van der Waals surface area contributed by atoms with Crippen molar-refractivity contribution in [3.05, 3.63) is 71.3 Å². The molecule has 3 aromatic carbocycles. The Kier molecular flexibility index (Phi) is 4.99. The van der Waals surface area contributed by atoms with Crippen molar-refractivity contribution >= 4 is 40.0 Å². The number of nitrogens with zero attached hydrogens (tertiary/aromatic N) is 1. The summed E-state index contributed by atoms with van der Waals surface area (Å²) in [6, 6.07) is 16.5. The van der Waals surface area contributed by atoms with E-state index in [0.29, 0.717) is 28.6 Å². The highest BCUT2D eigenvalue weighted by Crippen LogP contribution is 2.32. The highest BCUT2D eigenvalue weighted by Gasteiger charge is 2.17. The van der Waals surface area contributed by atoms with Crippen LogP contribution in [0.4, 0.5) is 5.69 Å². The van der Waals surface area contributed by atoms with Gasteiger partial charge >= 0.3 is 0 Å². The van der Waals surface area contributed by atoms with E-state index in [1.54, 1.807) is 18.2 Å². The lowest BCUT2D eigenvalue weighted by molar-refractivity contribution is 0.0977. The van der Waals surface area contributed by atoms with Gasteiger partial charge in [0.05, 0.1) is 0 Å². The number of nitrogens with one attached hydrogen (secondary N) is 2. The molecule has 0 unspecified atom stereocenters. The second-order valence-corrected chi connectivity index (χ2v) is 7.89. The Morgan fingerprint density at radius 1 is 1.00 bits per heavy atom. The Morgan fingerprint density at radius 2 is 1.81 bits per heavy atom. The van der Waals surface area contributed by atoms with Crippen molar-refractivity contribution in [1.29, 1.82) is 0 Å². The summed E-state index contributed by atoms with van der Waals surface area (Å²) < 4.78 is 16.5. The molecule has 2 heterocycles. The lowest BCUT2D eigenvalue weighted by atomic mass is 10.1. The molecule has 8 heteroatoms. The monoisotopic (exact) mass is 445 g/mol. The first-order valence-corrected chi connectivity index (χ1v) is 10.4. The van der Waals surface area contributed by atoms with Gasteiger partial charge in [-0.25, -0.2) is 4.98 Å². The Morgan fingerprint density at radius 3 is 2.69 bits per heavy atom. The molecule has 0 radical (unpaired) electrons. The van der Waals surface area contributed by atoms with Gasteiger partial charge in [0.15, 0.2) is 22.2 Å². The lowest BCUT2D eigenvalue weighted by Crippen LogP contribution is -2.34. The average Bonchev–Trinajstić information content (AvgIpc) is 3.40. The minimum absolute atomic E-state index is 0.149. The van der Waals surface area contributed by atoms with E-state index >= 15 is 0 Å². The lowest BCUT2D eigenvalue weighted by Gasteiger charge is -2.10. The van der Waals surface area contributed by atoms with E-state index in [1.807, 2.05) is 50.2 Å². The number of oxazole rings is 1. The van der Waals surface area contributed by atoms with Gasteiger partial charge in [0.1, 0.15) is 5.52 Å². The third-order valence-corrected chi connectivity index (χ3v) is 5.44. The second-order valence-electron chi connectivity index (χ2n) is 7.48. The van der Waals surface area contributed by atoms with Crippen LogP contribution in [0, 0.1) is 13.8 Å². The van der Waals surface area contributed by atoms with Crippen molar-refractivity contribution in [3.8, 4) is 23.0 Å². The summed E-state index contributed by atoms with van der Waals surface area (Å²) in [4.78, 5) is 17.1. The molecule has 0 aliphatic carbocycles. The Bertz CT molecular complexity index is 1340. The maximum Gasteiger partial charge on any atom is 0.257 e. The number of anilines is 1. The number of carbonyl (C=O) groups is 1. The Labute approximate surface area is 189 Å². The molecule has 1 aliphatic rings. The first-order chi connectivity index (χ1) is 15.5. The quantitative estimate of drug-likeness (QED) is 0.431. The number of thiocarbonyl (C=S) groups is 1. The fraction of sp³-hybridized carbons (Fsp3) is 0.125. The number of ether oxygens (including phenoxy) is 2. The normalized spacial score (nSPS) is 12.1.